The molecule has 2 amide bonds. The van der Waals surface area contributed by atoms with Gasteiger partial charge < -0.3 is 10.6 Å². The second-order valence-corrected chi connectivity index (χ2v) is 6.93. The Morgan fingerprint density at radius 2 is 1.20 bits per heavy atom. The lowest BCUT2D eigenvalue weighted by molar-refractivity contribution is -0.119. The molecule has 0 atom stereocenters. The number of carbonyl (C=O) groups is 2. The Hall–Kier alpha value is -3.63. The van der Waals surface area contributed by atoms with E-state index in [4.69, 9.17) is 11.6 Å². The Labute approximate surface area is 180 Å². The maximum absolute atomic E-state index is 12.4. The van der Waals surface area contributed by atoms with Crippen molar-refractivity contribution in [3.05, 3.63) is 119 Å². The van der Waals surface area contributed by atoms with E-state index in [0.717, 1.165) is 11.1 Å². The average Bonchev–Trinajstić information content (AvgIpc) is 2.77. The predicted molar refractivity (Wildman–Crippen MR) is 121 cm³/mol. The minimum Gasteiger partial charge on any atom is -0.328 e. The molecule has 3 aromatic rings. The summed E-state index contributed by atoms with van der Waals surface area (Å²) < 4.78 is 0. The van der Waals surface area contributed by atoms with Crippen molar-refractivity contribution in [2.24, 2.45) is 0 Å². The molecule has 150 valence electrons. The smallest absolute Gasteiger partial charge is 0.245 e. The summed E-state index contributed by atoms with van der Waals surface area (Å²) >= 11 is 6.09. The zero-order valence-electron chi connectivity index (χ0n) is 16.2. The third-order valence-corrected chi connectivity index (χ3v) is 4.44. The first-order chi connectivity index (χ1) is 14.6. The molecule has 0 spiro atoms. The number of hydrogen-bond donors (Lipinski definition) is 2. The van der Waals surface area contributed by atoms with Crippen LogP contribution in [0.4, 0.5) is 0 Å². The topological polar surface area (TPSA) is 58.2 Å². The molecule has 3 rings (SSSR count). The first-order valence-electron chi connectivity index (χ1n) is 9.43. The highest BCUT2D eigenvalue weighted by atomic mass is 35.5. The van der Waals surface area contributed by atoms with E-state index in [1.807, 2.05) is 60.7 Å². The van der Waals surface area contributed by atoms with Crippen molar-refractivity contribution in [3.63, 3.8) is 0 Å². The van der Waals surface area contributed by atoms with Crippen LogP contribution >= 0.6 is 11.6 Å². The molecule has 5 heteroatoms. The third kappa shape index (κ3) is 6.76. The first-order valence-corrected chi connectivity index (χ1v) is 9.81. The van der Waals surface area contributed by atoms with Crippen molar-refractivity contribution < 1.29 is 9.59 Å². The molecule has 0 saturated carbocycles. The molecule has 30 heavy (non-hydrogen) atoms. The van der Waals surface area contributed by atoms with Gasteiger partial charge in [-0.3, -0.25) is 9.59 Å². The highest BCUT2D eigenvalue weighted by Gasteiger charge is 2.15. The van der Waals surface area contributed by atoms with Crippen LogP contribution in [-0.4, -0.2) is 11.8 Å². The van der Waals surface area contributed by atoms with Crippen molar-refractivity contribution in [2.75, 3.05) is 0 Å². The molecule has 0 aromatic heterocycles. The molecular weight excluding hydrogens is 396 g/mol. The van der Waals surface area contributed by atoms with E-state index in [9.17, 15) is 9.59 Å². The molecule has 4 nitrogen and oxygen atoms in total. The molecule has 3 aromatic carbocycles. The van der Waals surface area contributed by atoms with Crippen LogP contribution in [0, 0.1) is 0 Å². The van der Waals surface area contributed by atoms with Gasteiger partial charge in [0, 0.05) is 17.2 Å². The Morgan fingerprint density at radius 1 is 0.700 bits per heavy atom. The first kappa shape index (κ1) is 21.1. The van der Waals surface area contributed by atoms with Crippen molar-refractivity contribution in [3.8, 4) is 0 Å². The zero-order chi connectivity index (χ0) is 21.2. The molecule has 0 radical (unpaired) electrons. The fourth-order valence-corrected chi connectivity index (χ4v) is 2.94. The Kier molecular flexibility index (Phi) is 7.58. The van der Waals surface area contributed by atoms with Gasteiger partial charge in [0.15, 0.2) is 0 Å². The van der Waals surface area contributed by atoms with E-state index in [1.54, 1.807) is 36.4 Å². The lowest BCUT2D eigenvalue weighted by Gasteiger charge is -2.19. The Bertz CT molecular complexity index is 984. The van der Waals surface area contributed by atoms with Gasteiger partial charge in [-0.05, 0) is 41.0 Å². The van der Waals surface area contributed by atoms with E-state index < -0.39 is 6.17 Å². The summed E-state index contributed by atoms with van der Waals surface area (Å²) in [6.07, 6.45) is 5.55. The second-order valence-electron chi connectivity index (χ2n) is 6.49. The molecule has 2 N–H and O–H groups in total. The second kappa shape index (κ2) is 10.8. The number of carbonyl (C=O) groups excluding carboxylic acids is 2. The molecular formula is C25H21ClN2O2. The van der Waals surface area contributed by atoms with Crippen LogP contribution < -0.4 is 10.6 Å². The molecule has 0 aliphatic carbocycles. The molecule has 0 fully saturated rings. The van der Waals surface area contributed by atoms with E-state index in [0.29, 0.717) is 10.6 Å². The number of halogens is 1. The quantitative estimate of drug-likeness (QED) is 0.420. The fraction of sp³-hybridized carbons (Fsp3) is 0.0400. The summed E-state index contributed by atoms with van der Waals surface area (Å²) in [6, 6.07) is 26.0. The van der Waals surface area contributed by atoms with Gasteiger partial charge in [-0.15, -0.1) is 0 Å². The van der Waals surface area contributed by atoms with Crippen LogP contribution in [0.15, 0.2) is 97.1 Å². The van der Waals surface area contributed by atoms with Gasteiger partial charge in [-0.25, -0.2) is 0 Å². The maximum Gasteiger partial charge on any atom is 0.245 e. The van der Waals surface area contributed by atoms with E-state index in [1.165, 1.54) is 12.2 Å². The van der Waals surface area contributed by atoms with Crippen LogP contribution in [0.25, 0.3) is 12.2 Å². The maximum atomic E-state index is 12.4. The minimum atomic E-state index is -0.732. The van der Waals surface area contributed by atoms with Gasteiger partial charge in [0.2, 0.25) is 11.8 Å². The third-order valence-electron chi connectivity index (χ3n) is 4.21. The predicted octanol–water partition coefficient (Wildman–Crippen LogP) is 5.00. The van der Waals surface area contributed by atoms with Crippen molar-refractivity contribution in [2.45, 2.75) is 6.17 Å². The minimum absolute atomic E-state index is 0.337. The molecule has 0 unspecified atom stereocenters. The van der Waals surface area contributed by atoms with E-state index in [-0.39, 0.29) is 11.8 Å². The summed E-state index contributed by atoms with van der Waals surface area (Å²) in [6.45, 7) is 0. The lowest BCUT2D eigenvalue weighted by Crippen LogP contribution is -2.39. The number of rotatable bonds is 7. The van der Waals surface area contributed by atoms with E-state index in [2.05, 4.69) is 10.6 Å². The highest BCUT2D eigenvalue weighted by Crippen LogP contribution is 2.16. The Balaban J connectivity index is 1.72. The van der Waals surface area contributed by atoms with Crippen molar-refractivity contribution >= 4 is 35.6 Å². The average molecular weight is 417 g/mol. The summed E-state index contributed by atoms with van der Waals surface area (Å²) in [5.74, 6) is -0.674. The SMILES string of the molecule is O=C(/C=C/c1ccccc1)NC(NC(=O)/C=C/c1ccccc1)c1cccc(Cl)c1. The standard InChI is InChI=1S/C25H21ClN2O2/c26-22-13-7-12-21(18-22)25(27-23(29)16-14-19-8-3-1-4-9-19)28-24(30)17-15-20-10-5-2-6-11-20/h1-18,25H,(H,27,29)(H,28,30)/b16-14+,17-15+. The number of benzene rings is 3. The molecule has 0 saturated heterocycles. The van der Waals surface area contributed by atoms with Gasteiger partial charge >= 0.3 is 0 Å². The van der Waals surface area contributed by atoms with Gasteiger partial charge in [0.25, 0.3) is 0 Å². The van der Waals surface area contributed by atoms with Crippen LogP contribution in [0.2, 0.25) is 5.02 Å². The summed E-state index contributed by atoms with van der Waals surface area (Å²) in [4.78, 5) is 24.9. The van der Waals surface area contributed by atoms with Gasteiger partial charge in [0.05, 0.1) is 0 Å². The van der Waals surface area contributed by atoms with Gasteiger partial charge in [-0.2, -0.15) is 0 Å². The molecule has 0 bridgehead atoms. The normalized spacial score (nSPS) is 11.1. The van der Waals surface area contributed by atoms with Crippen LogP contribution in [-0.2, 0) is 9.59 Å². The summed E-state index contributed by atoms with van der Waals surface area (Å²) in [5.41, 5.74) is 2.48. The number of amides is 2. The number of nitrogens with one attached hydrogen (secondary N) is 2. The Morgan fingerprint density at radius 3 is 1.67 bits per heavy atom. The van der Waals surface area contributed by atoms with Crippen LogP contribution in [0.5, 0.6) is 0 Å². The zero-order valence-corrected chi connectivity index (χ0v) is 16.9. The fourth-order valence-electron chi connectivity index (χ4n) is 2.74. The van der Waals surface area contributed by atoms with Gasteiger partial charge in [-0.1, -0.05) is 84.4 Å². The summed E-state index contributed by atoms with van der Waals surface area (Å²) in [7, 11) is 0. The lowest BCUT2D eigenvalue weighted by atomic mass is 10.1. The molecule has 0 aliphatic rings. The highest BCUT2D eigenvalue weighted by molar-refractivity contribution is 6.30. The van der Waals surface area contributed by atoms with Crippen LogP contribution in [0.3, 0.4) is 0 Å². The number of hydrogen-bond acceptors (Lipinski definition) is 2. The molecule has 0 heterocycles. The van der Waals surface area contributed by atoms with Gasteiger partial charge in [0.1, 0.15) is 6.17 Å². The van der Waals surface area contributed by atoms with Crippen molar-refractivity contribution in [1.82, 2.24) is 10.6 Å². The largest absolute Gasteiger partial charge is 0.328 e. The molecule has 0 aliphatic heterocycles. The van der Waals surface area contributed by atoms with Crippen LogP contribution in [0.1, 0.15) is 22.9 Å². The van der Waals surface area contributed by atoms with Crippen molar-refractivity contribution in [1.29, 1.82) is 0 Å². The van der Waals surface area contributed by atoms with E-state index >= 15 is 0 Å². The monoisotopic (exact) mass is 416 g/mol. The summed E-state index contributed by atoms with van der Waals surface area (Å²) in [5, 5.41) is 6.13.